The summed E-state index contributed by atoms with van der Waals surface area (Å²) in [5.74, 6) is 0. The van der Waals surface area contributed by atoms with Gasteiger partial charge in [0.1, 0.15) is 0 Å². The van der Waals surface area contributed by atoms with E-state index in [1.54, 1.807) is 5.01 Å². The van der Waals surface area contributed by atoms with E-state index in [0.29, 0.717) is 0 Å². The van der Waals surface area contributed by atoms with E-state index in [4.69, 9.17) is 5.26 Å². The van der Waals surface area contributed by atoms with Gasteiger partial charge in [-0.1, -0.05) is 6.42 Å². The van der Waals surface area contributed by atoms with Crippen LogP contribution in [0.4, 0.5) is 0 Å². The van der Waals surface area contributed by atoms with Gasteiger partial charge in [-0.25, -0.2) is 10.4 Å². The second kappa shape index (κ2) is 3.31. The predicted molar refractivity (Wildman–Crippen MR) is 34.2 cm³/mol. The second-order valence-electron chi connectivity index (χ2n) is 2.22. The van der Waals surface area contributed by atoms with Gasteiger partial charge in [-0.3, -0.25) is 0 Å². The molecule has 50 valence electrons. The highest BCUT2D eigenvalue weighted by molar-refractivity contribution is 4.71. The van der Waals surface area contributed by atoms with Crippen LogP contribution in [0.25, 0.3) is 0 Å². The van der Waals surface area contributed by atoms with Crippen molar-refractivity contribution in [2.24, 2.45) is 0 Å². The average molecular weight is 125 g/mol. The summed E-state index contributed by atoms with van der Waals surface area (Å²) in [7, 11) is 0. The Morgan fingerprint density at radius 3 is 3.00 bits per heavy atom. The maximum Gasteiger partial charge on any atom is 0.195 e. The van der Waals surface area contributed by atoms with Gasteiger partial charge in [-0.05, 0) is 12.8 Å². The molecule has 0 amide bonds. The van der Waals surface area contributed by atoms with E-state index in [2.05, 4.69) is 11.6 Å². The van der Waals surface area contributed by atoms with Crippen molar-refractivity contribution in [3.8, 4) is 6.19 Å². The summed E-state index contributed by atoms with van der Waals surface area (Å²) < 4.78 is 0. The molecule has 1 aliphatic heterocycles. The number of rotatable bonds is 0. The van der Waals surface area contributed by atoms with Crippen molar-refractivity contribution in [2.45, 2.75) is 19.3 Å². The number of hydrogen-bond acceptors (Lipinski definition) is 3. The Balaban J connectivity index is 2.29. The van der Waals surface area contributed by atoms with E-state index in [1.807, 2.05) is 0 Å². The topological polar surface area (TPSA) is 39.1 Å². The Bertz CT molecular complexity index is 108. The molecule has 1 heterocycles. The van der Waals surface area contributed by atoms with Crippen molar-refractivity contribution in [2.75, 3.05) is 13.1 Å². The van der Waals surface area contributed by atoms with E-state index < -0.39 is 0 Å². The van der Waals surface area contributed by atoms with E-state index >= 15 is 0 Å². The summed E-state index contributed by atoms with van der Waals surface area (Å²) in [5.41, 5.74) is 3.00. The normalized spacial score (nSPS) is 20.6. The van der Waals surface area contributed by atoms with Crippen molar-refractivity contribution in [1.29, 1.82) is 5.26 Å². The summed E-state index contributed by atoms with van der Waals surface area (Å²) in [4.78, 5) is 0. The van der Waals surface area contributed by atoms with Crippen LogP contribution in [-0.4, -0.2) is 18.1 Å². The molecule has 1 aliphatic rings. The first-order chi connectivity index (χ1) is 4.43. The van der Waals surface area contributed by atoms with Gasteiger partial charge < -0.3 is 0 Å². The molecule has 1 saturated heterocycles. The van der Waals surface area contributed by atoms with Crippen molar-refractivity contribution in [3.63, 3.8) is 0 Å². The molecule has 0 aromatic rings. The Morgan fingerprint density at radius 1 is 1.33 bits per heavy atom. The highest BCUT2D eigenvalue weighted by atomic mass is 15.5. The van der Waals surface area contributed by atoms with Crippen LogP contribution >= 0.6 is 0 Å². The third-order valence-corrected chi connectivity index (χ3v) is 1.48. The number of nitrogens with one attached hydrogen (secondary N) is 1. The molecule has 9 heavy (non-hydrogen) atoms. The van der Waals surface area contributed by atoms with E-state index in [0.717, 1.165) is 19.5 Å². The zero-order chi connectivity index (χ0) is 6.53. The van der Waals surface area contributed by atoms with Gasteiger partial charge in [0, 0.05) is 13.1 Å². The minimum Gasteiger partial charge on any atom is -0.245 e. The number of nitriles is 1. The molecule has 0 spiro atoms. The van der Waals surface area contributed by atoms with Crippen LogP contribution in [0, 0.1) is 11.5 Å². The summed E-state index contributed by atoms with van der Waals surface area (Å²) >= 11 is 0. The molecular weight excluding hydrogens is 114 g/mol. The van der Waals surface area contributed by atoms with Gasteiger partial charge in [0.25, 0.3) is 0 Å². The molecule has 0 bridgehead atoms. The maximum absolute atomic E-state index is 8.43. The van der Waals surface area contributed by atoms with Crippen LogP contribution in [-0.2, 0) is 0 Å². The first-order valence-corrected chi connectivity index (χ1v) is 3.34. The average Bonchev–Trinajstić information content (AvgIpc) is 2.13. The van der Waals surface area contributed by atoms with Gasteiger partial charge >= 0.3 is 0 Å². The third kappa shape index (κ3) is 1.90. The molecule has 3 heteroatoms. The number of hydrazine groups is 1. The zero-order valence-corrected chi connectivity index (χ0v) is 5.43. The quantitative estimate of drug-likeness (QED) is 0.478. The minimum atomic E-state index is 0.872. The number of nitrogens with zero attached hydrogens (tertiary/aromatic N) is 2. The molecule has 0 aliphatic carbocycles. The standard InChI is InChI=1S/C6H11N3/c7-6-9-5-3-1-2-4-8-9/h8H,1-5H2. The molecule has 1 N–H and O–H groups in total. The number of hydrogen-bond donors (Lipinski definition) is 1. The van der Waals surface area contributed by atoms with Crippen LogP contribution in [0.15, 0.2) is 0 Å². The van der Waals surface area contributed by atoms with Crippen LogP contribution in [0.1, 0.15) is 19.3 Å². The Hall–Kier alpha value is -0.750. The molecule has 0 saturated carbocycles. The minimum absolute atomic E-state index is 0.872. The first kappa shape index (κ1) is 6.37. The largest absolute Gasteiger partial charge is 0.245 e. The SMILES string of the molecule is N#CN1CCCCCN1. The third-order valence-electron chi connectivity index (χ3n) is 1.48. The van der Waals surface area contributed by atoms with Crippen molar-refractivity contribution >= 4 is 0 Å². The molecule has 0 radical (unpaired) electrons. The summed E-state index contributed by atoms with van der Waals surface area (Å²) in [5, 5.41) is 10.0. The molecule has 3 nitrogen and oxygen atoms in total. The fourth-order valence-corrected chi connectivity index (χ4v) is 0.950. The summed E-state index contributed by atoms with van der Waals surface area (Å²) in [6.07, 6.45) is 5.64. The highest BCUT2D eigenvalue weighted by Crippen LogP contribution is 1.99. The summed E-state index contributed by atoms with van der Waals surface area (Å²) in [6, 6.07) is 0. The Labute approximate surface area is 55.2 Å². The fraction of sp³-hybridized carbons (Fsp3) is 0.833. The molecule has 1 rings (SSSR count). The molecule has 0 aromatic carbocycles. The summed E-state index contributed by atoms with van der Waals surface area (Å²) in [6.45, 7) is 1.82. The van der Waals surface area contributed by atoms with E-state index in [9.17, 15) is 0 Å². The van der Waals surface area contributed by atoms with Crippen LogP contribution < -0.4 is 5.43 Å². The van der Waals surface area contributed by atoms with Crippen LogP contribution in [0.5, 0.6) is 0 Å². The highest BCUT2D eigenvalue weighted by Gasteiger charge is 2.03. The fourth-order valence-electron chi connectivity index (χ4n) is 0.950. The lowest BCUT2D eigenvalue weighted by atomic mass is 10.2. The second-order valence-corrected chi connectivity index (χ2v) is 2.22. The smallest absolute Gasteiger partial charge is 0.195 e. The zero-order valence-electron chi connectivity index (χ0n) is 5.43. The molecular formula is C6H11N3. The van der Waals surface area contributed by atoms with Gasteiger partial charge in [0.05, 0.1) is 0 Å². The van der Waals surface area contributed by atoms with Gasteiger partial charge in [0.2, 0.25) is 0 Å². The van der Waals surface area contributed by atoms with Gasteiger partial charge in [0.15, 0.2) is 6.19 Å². The molecule has 0 atom stereocenters. The van der Waals surface area contributed by atoms with E-state index in [1.165, 1.54) is 12.8 Å². The van der Waals surface area contributed by atoms with Crippen LogP contribution in [0.2, 0.25) is 0 Å². The predicted octanol–water partition coefficient (Wildman–Crippen LogP) is 0.458. The van der Waals surface area contributed by atoms with Crippen molar-refractivity contribution in [3.05, 3.63) is 0 Å². The van der Waals surface area contributed by atoms with Gasteiger partial charge in [-0.15, -0.1) is 0 Å². The van der Waals surface area contributed by atoms with E-state index in [-0.39, 0.29) is 0 Å². The lowest BCUT2D eigenvalue weighted by Crippen LogP contribution is -2.32. The van der Waals surface area contributed by atoms with Crippen molar-refractivity contribution < 1.29 is 0 Å². The monoisotopic (exact) mass is 125 g/mol. The Morgan fingerprint density at radius 2 is 2.22 bits per heavy atom. The maximum atomic E-state index is 8.43. The lowest BCUT2D eigenvalue weighted by Gasteiger charge is -2.10. The van der Waals surface area contributed by atoms with Crippen LogP contribution in [0.3, 0.4) is 0 Å². The first-order valence-electron chi connectivity index (χ1n) is 3.34. The molecule has 0 aromatic heterocycles. The van der Waals surface area contributed by atoms with Gasteiger partial charge in [-0.2, -0.15) is 5.26 Å². The Kier molecular flexibility index (Phi) is 2.34. The van der Waals surface area contributed by atoms with Crippen molar-refractivity contribution in [1.82, 2.24) is 10.4 Å². The molecule has 1 fully saturated rings. The molecule has 0 unspecified atom stereocenters. The lowest BCUT2D eigenvalue weighted by molar-refractivity contribution is 0.305.